The standard InChI is InChI=1S/C16H10F5N3/c17-10-4-5-11(12(18)8-10)13-6-7-22-9-24(13)15-3-1-2-14(23-15)16(19,20)21/h1-8H,9H2. The highest BCUT2D eigenvalue weighted by Gasteiger charge is 2.33. The Labute approximate surface area is 133 Å². The zero-order valence-electron chi connectivity index (χ0n) is 12.1. The normalized spacial score (nSPS) is 14.7. The average molecular weight is 339 g/mol. The number of pyridine rings is 1. The highest BCUT2D eigenvalue weighted by molar-refractivity contribution is 5.92. The molecule has 24 heavy (non-hydrogen) atoms. The summed E-state index contributed by atoms with van der Waals surface area (Å²) in [5.74, 6) is -1.60. The lowest BCUT2D eigenvalue weighted by Crippen LogP contribution is -2.26. The fourth-order valence-corrected chi connectivity index (χ4v) is 2.28. The lowest BCUT2D eigenvalue weighted by molar-refractivity contribution is -0.141. The fraction of sp³-hybridized carbons (Fsp3) is 0.125. The van der Waals surface area contributed by atoms with Crippen molar-refractivity contribution in [3.05, 3.63) is 65.4 Å². The van der Waals surface area contributed by atoms with Crippen LogP contribution in [0, 0.1) is 11.6 Å². The van der Waals surface area contributed by atoms with Crippen molar-refractivity contribution in [1.29, 1.82) is 0 Å². The van der Waals surface area contributed by atoms with E-state index in [1.54, 1.807) is 0 Å². The lowest BCUT2D eigenvalue weighted by Gasteiger charge is -2.27. The molecule has 0 N–H and O–H groups in total. The van der Waals surface area contributed by atoms with Crippen molar-refractivity contribution < 1.29 is 22.0 Å². The summed E-state index contributed by atoms with van der Waals surface area (Å²) in [6, 6.07) is 6.42. The zero-order chi connectivity index (χ0) is 17.3. The molecule has 8 heteroatoms. The van der Waals surface area contributed by atoms with Crippen LogP contribution in [-0.2, 0) is 6.18 Å². The molecule has 0 bridgehead atoms. The third kappa shape index (κ3) is 3.12. The fourth-order valence-electron chi connectivity index (χ4n) is 2.28. The molecule has 0 atom stereocenters. The number of halogens is 5. The molecule has 0 saturated carbocycles. The maximum absolute atomic E-state index is 14.0. The molecular weight excluding hydrogens is 329 g/mol. The predicted molar refractivity (Wildman–Crippen MR) is 79.4 cm³/mol. The molecule has 3 rings (SSSR count). The number of nitrogens with zero attached hydrogens (tertiary/aromatic N) is 3. The van der Waals surface area contributed by atoms with Gasteiger partial charge in [0, 0.05) is 17.8 Å². The van der Waals surface area contributed by atoms with E-state index in [1.807, 2.05) is 0 Å². The molecule has 0 spiro atoms. The number of allylic oxidation sites excluding steroid dienone is 1. The summed E-state index contributed by atoms with van der Waals surface area (Å²) in [4.78, 5) is 8.86. The Kier molecular flexibility index (Phi) is 4.04. The van der Waals surface area contributed by atoms with Gasteiger partial charge in [-0.25, -0.2) is 13.8 Å². The number of benzene rings is 1. The van der Waals surface area contributed by atoms with Crippen LogP contribution in [0.5, 0.6) is 0 Å². The Morgan fingerprint density at radius 2 is 1.83 bits per heavy atom. The molecule has 0 radical (unpaired) electrons. The lowest BCUT2D eigenvalue weighted by atomic mass is 10.1. The molecule has 0 amide bonds. The quantitative estimate of drug-likeness (QED) is 0.765. The van der Waals surface area contributed by atoms with Crippen molar-refractivity contribution in [3.63, 3.8) is 0 Å². The number of anilines is 1. The number of aliphatic imine (C=N–C) groups is 1. The molecule has 2 aromatic rings. The second-order valence-corrected chi connectivity index (χ2v) is 4.96. The Balaban J connectivity index is 2.04. The molecular formula is C16H10F5N3. The van der Waals surface area contributed by atoms with E-state index in [0.29, 0.717) is 6.07 Å². The monoisotopic (exact) mass is 339 g/mol. The topological polar surface area (TPSA) is 28.5 Å². The number of aromatic nitrogens is 1. The summed E-state index contributed by atoms with van der Waals surface area (Å²) in [6.07, 6.45) is -1.76. The molecule has 124 valence electrons. The van der Waals surface area contributed by atoms with Gasteiger partial charge in [-0.1, -0.05) is 6.07 Å². The summed E-state index contributed by atoms with van der Waals surface area (Å²) < 4.78 is 65.6. The van der Waals surface area contributed by atoms with Gasteiger partial charge in [0.2, 0.25) is 0 Å². The van der Waals surface area contributed by atoms with Crippen LogP contribution in [0.2, 0.25) is 0 Å². The van der Waals surface area contributed by atoms with E-state index in [9.17, 15) is 22.0 Å². The average Bonchev–Trinajstić information content (AvgIpc) is 2.54. The second kappa shape index (κ2) is 6.03. The van der Waals surface area contributed by atoms with Crippen molar-refractivity contribution >= 4 is 17.7 Å². The van der Waals surface area contributed by atoms with Crippen LogP contribution in [0.1, 0.15) is 11.3 Å². The number of alkyl halides is 3. The van der Waals surface area contributed by atoms with Crippen LogP contribution in [0.25, 0.3) is 5.70 Å². The van der Waals surface area contributed by atoms with Crippen LogP contribution in [-0.4, -0.2) is 17.9 Å². The van der Waals surface area contributed by atoms with E-state index < -0.39 is 23.5 Å². The number of hydrogen-bond donors (Lipinski definition) is 0. The Bertz CT molecular complexity index is 827. The molecule has 0 aliphatic carbocycles. The minimum atomic E-state index is -4.60. The first kappa shape index (κ1) is 16.1. The Morgan fingerprint density at radius 1 is 1.04 bits per heavy atom. The Morgan fingerprint density at radius 3 is 2.54 bits per heavy atom. The van der Waals surface area contributed by atoms with Gasteiger partial charge < -0.3 is 4.90 Å². The van der Waals surface area contributed by atoms with Gasteiger partial charge in [0.1, 0.15) is 29.8 Å². The van der Waals surface area contributed by atoms with Gasteiger partial charge in [0.15, 0.2) is 0 Å². The van der Waals surface area contributed by atoms with Gasteiger partial charge >= 0.3 is 6.18 Å². The minimum Gasteiger partial charge on any atom is -0.306 e. The molecule has 3 nitrogen and oxygen atoms in total. The molecule has 1 aromatic carbocycles. The molecule has 0 fully saturated rings. The number of hydrogen-bond acceptors (Lipinski definition) is 3. The summed E-state index contributed by atoms with van der Waals surface area (Å²) in [5, 5.41) is 0. The van der Waals surface area contributed by atoms with E-state index in [4.69, 9.17) is 0 Å². The molecule has 1 aliphatic heterocycles. The van der Waals surface area contributed by atoms with Gasteiger partial charge in [-0.2, -0.15) is 13.2 Å². The largest absolute Gasteiger partial charge is 0.433 e. The third-order valence-corrected chi connectivity index (χ3v) is 3.36. The first-order valence-electron chi connectivity index (χ1n) is 6.83. The summed E-state index contributed by atoms with van der Waals surface area (Å²) in [6.45, 7) is -0.0308. The highest BCUT2D eigenvalue weighted by atomic mass is 19.4. The molecule has 1 aromatic heterocycles. The third-order valence-electron chi connectivity index (χ3n) is 3.36. The first-order valence-corrected chi connectivity index (χ1v) is 6.83. The zero-order valence-corrected chi connectivity index (χ0v) is 12.1. The molecule has 1 aliphatic rings. The van der Waals surface area contributed by atoms with E-state index in [2.05, 4.69) is 9.98 Å². The van der Waals surface area contributed by atoms with E-state index in [-0.39, 0.29) is 23.7 Å². The van der Waals surface area contributed by atoms with Crippen LogP contribution < -0.4 is 4.90 Å². The smallest absolute Gasteiger partial charge is 0.306 e. The highest BCUT2D eigenvalue weighted by Crippen LogP contribution is 2.32. The maximum Gasteiger partial charge on any atom is 0.433 e. The van der Waals surface area contributed by atoms with E-state index in [0.717, 1.165) is 12.1 Å². The van der Waals surface area contributed by atoms with Gasteiger partial charge in [-0.3, -0.25) is 4.99 Å². The molecule has 0 unspecified atom stereocenters. The van der Waals surface area contributed by atoms with Crippen molar-refractivity contribution in [2.24, 2.45) is 4.99 Å². The van der Waals surface area contributed by atoms with Crippen LogP contribution in [0.15, 0.2) is 47.5 Å². The van der Waals surface area contributed by atoms with Gasteiger partial charge in [0.05, 0.1) is 5.70 Å². The van der Waals surface area contributed by atoms with Crippen LogP contribution >= 0.6 is 0 Å². The van der Waals surface area contributed by atoms with Gasteiger partial charge in [0.25, 0.3) is 0 Å². The molecule has 0 saturated heterocycles. The maximum atomic E-state index is 14.0. The van der Waals surface area contributed by atoms with E-state index in [1.165, 1.54) is 35.4 Å². The van der Waals surface area contributed by atoms with Crippen molar-refractivity contribution in [1.82, 2.24) is 4.98 Å². The summed E-state index contributed by atoms with van der Waals surface area (Å²) in [7, 11) is 0. The molecule has 2 heterocycles. The van der Waals surface area contributed by atoms with Crippen molar-refractivity contribution in [2.75, 3.05) is 11.6 Å². The Hall–Kier alpha value is -2.77. The predicted octanol–water partition coefficient (Wildman–Crippen LogP) is 4.27. The number of rotatable bonds is 2. The summed E-state index contributed by atoms with van der Waals surface area (Å²) >= 11 is 0. The van der Waals surface area contributed by atoms with Crippen LogP contribution in [0.3, 0.4) is 0 Å². The van der Waals surface area contributed by atoms with Crippen LogP contribution in [0.4, 0.5) is 27.8 Å². The SMILES string of the molecule is Fc1ccc(C2=CC=NCN2c2cccc(C(F)(F)F)n2)c(F)c1. The van der Waals surface area contributed by atoms with Gasteiger partial charge in [-0.15, -0.1) is 0 Å². The minimum absolute atomic E-state index is 0.0308. The van der Waals surface area contributed by atoms with E-state index >= 15 is 0 Å². The van der Waals surface area contributed by atoms with Gasteiger partial charge in [-0.05, 0) is 30.3 Å². The second-order valence-electron chi connectivity index (χ2n) is 4.96. The van der Waals surface area contributed by atoms with Crippen molar-refractivity contribution in [3.8, 4) is 0 Å². The summed E-state index contributed by atoms with van der Waals surface area (Å²) in [5.41, 5.74) is -0.774. The van der Waals surface area contributed by atoms with Crippen molar-refractivity contribution in [2.45, 2.75) is 6.18 Å². The first-order chi connectivity index (χ1) is 11.4.